The molecule has 2 aromatic rings. The molecular weight excluding hydrogens is 302 g/mol. The van der Waals surface area contributed by atoms with Gasteiger partial charge in [-0.3, -0.25) is 9.59 Å². The molecule has 0 saturated carbocycles. The summed E-state index contributed by atoms with van der Waals surface area (Å²) in [5, 5.41) is 9.60. The first-order valence-corrected chi connectivity index (χ1v) is 7.92. The Balaban J connectivity index is 1.67. The van der Waals surface area contributed by atoms with Crippen molar-refractivity contribution in [2.24, 2.45) is 0 Å². The van der Waals surface area contributed by atoms with E-state index in [1.807, 2.05) is 6.92 Å². The highest BCUT2D eigenvalue weighted by molar-refractivity contribution is 7.18. The number of nitrogens with one attached hydrogen (secondary N) is 3. The summed E-state index contributed by atoms with van der Waals surface area (Å²) in [5.41, 5.74) is 0.850. The van der Waals surface area contributed by atoms with Crippen LogP contribution in [0.1, 0.15) is 32.2 Å². The van der Waals surface area contributed by atoms with Gasteiger partial charge < -0.3 is 20.4 Å². The molecule has 3 heterocycles. The van der Waals surface area contributed by atoms with Crippen LogP contribution in [-0.2, 0) is 0 Å². The Hall–Kier alpha value is -2.12. The lowest BCUT2D eigenvalue weighted by molar-refractivity contribution is 0.0942. The Morgan fingerprint density at radius 3 is 2.95 bits per heavy atom. The van der Waals surface area contributed by atoms with Crippen LogP contribution in [0.5, 0.6) is 0 Å². The van der Waals surface area contributed by atoms with Gasteiger partial charge in [-0.1, -0.05) is 0 Å². The molecule has 1 aliphatic rings. The highest BCUT2D eigenvalue weighted by Gasteiger charge is 2.21. The monoisotopic (exact) mass is 319 g/mol. The van der Waals surface area contributed by atoms with Gasteiger partial charge in [-0.05, 0) is 43.7 Å². The van der Waals surface area contributed by atoms with Crippen LogP contribution in [0.3, 0.4) is 0 Å². The van der Waals surface area contributed by atoms with Gasteiger partial charge in [0.05, 0.1) is 16.1 Å². The van der Waals surface area contributed by atoms with Crippen molar-refractivity contribution in [1.82, 2.24) is 10.6 Å². The summed E-state index contributed by atoms with van der Waals surface area (Å²) < 4.78 is 5.05. The topological polar surface area (TPSA) is 83.4 Å². The van der Waals surface area contributed by atoms with Crippen LogP contribution in [0.25, 0.3) is 0 Å². The number of hydrogen-bond acceptors (Lipinski definition) is 5. The van der Waals surface area contributed by atoms with Crippen molar-refractivity contribution in [3.8, 4) is 0 Å². The van der Waals surface area contributed by atoms with E-state index in [1.54, 1.807) is 18.2 Å². The van der Waals surface area contributed by atoms with Gasteiger partial charge in [0.2, 0.25) is 0 Å². The van der Waals surface area contributed by atoms with E-state index in [-0.39, 0.29) is 23.6 Å². The molecule has 0 aliphatic carbocycles. The molecule has 0 aromatic carbocycles. The number of aryl methyl sites for hydroxylation is 1. The number of furan rings is 1. The quantitative estimate of drug-likeness (QED) is 0.805. The lowest BCUT2D eigenvalue weighted by Gasteiger charge is -2.10. The highest BCUT2D eigenvalue weighted by atomic mass is 32.1. The van der Waals surface area contributed by atoms with Crippen LogP contribution >= 0.6 is 11.3 Å². The SMILES string of the molecule is Cc1cc(NC(=O)c2ccco2)sc1C(=O)NC1CCNC1. The number of rotatable bonds is 4. The molecular formula is C15H17N3O3S. The summed E-state index contributed by atoms with van der Waals surface area (Å²) in [4.78, 5) is 24.9. The second-order valence-corrected chi connectivity index (χ2v) is 6.27. The molecule has 0 bridgehead atoms. The van der Waals surface area contributed by atoms with Crippen LogP contribution in [-0.4, -0.2) is 30.9 Å². The molecule has 2 aromatic heterocycles. The van der Waals surface area contributed by atoms with Gasteiger partial charge in [-0.2, -0.15) is 0 Å². The second kappa shape index (κ2) is 6.33. The fraction of sp³-hybridized carbons (Fsp3) is 0.333. The predicted octanol–water partition coefficient (Wildman–Crippen LogP) is 1.99. The first-order valence-electron chi connectivity index (χ1n) is 7.10. The summed E-state index contributed by atoms with van der Waals surface area (Å²) in [6.07, 6.45) is 2.39. The van der Waals surface area contributed by atoms with E-state index in [9.17, 15) is 9.59 Å². The van der Waals surface area contributed by atoms with Crippen molar-refractivity contribution in [2.75, 3.05) is 18.4 Å². The minimum atomic E-state index is -0.321. The van der Waals surface area contributed by atoms with Gasteiger partial charge in [0, 0.05) is 12.6 Å². The van der Waals surface area contributed by atoms with E-state index >= 15 is 0 Å². The summed E-state index contributed by atoms with van der Waals surface area (Å²) in [5.74, 6) is -0.165. The second-order valence-electron chi connectivity index (χ2n) is 5.22. The van der Waals surface area contributed by atoms with E-state index in [0.717, 1.165) is 25.1 Å². The van der Waals surface area contributed by atoms with E-state index in [0.29, 0.717) is 9.88 Å². The number of carbonyl (C=O) groups is 2. The molecule has 1 atom stereocenters. The average molecular weight is 319 g/mol. The smallest absolute Gasteiger partial charge is 0.291 e. The Bertz CT molecular complexity index is 672. The van der Waals surface area contributed by atoms with E-state index in [2.05, 4.69) is 16.0 Å². The number of hydrogen-bond donors (Lipinski definition) is 3. The van der Waals surface area contributed by atoms with Crippen LogP contribution in [0.4, 0.5) is 5.00 Å². The third kappa shape index (κ3) is 3.20. The minimum absolute atomic E-state index is 0.0882. The molecule has 7 heteroatoms. The maximum absolute atomic E-state index is 12.3. The zero-order chi connectivity index (χ0) is 15.5. The van der Waals surface area contributed by atoms with Crippen LogP contribution in [0.15, 0.2) is 28.9 Å². The minimum Gasteiger partial charge on any atom is -0.459 e. The van der Waals surface area contributed by atoms with Crippen molar-refractivity contribution >= 4 is 28.2 Å². The van der Waals surface area contributed by atoms with Crippen molar-refractivity contribution in [2.45, 2.75) is 19.4 Å². The first kappa shape index (κ1) is 14.8. The molecule has 1 saturated heterocycles. The Morgan fingerprint density at radius 2 is 2.27 bits per heavy atom. The van der Waals surface area contributed by atoms with Crippen LogP contribution in [0.2, 0.25) is 0 Å². The van der Waals surface area contributed by atoms with E-state index in [4.69, 9.17) is 4.42 Å². The van der Waals surface area contributed by atoms with Gasteiger partial charge in [0.1, 0.15) is 0 Å². The number of amides is 2. The van der Waals surface area contributed by atoms with E-state index < -0.39 is 0 Å². The maximum atomic E-state index is 12.3. The Morgan fingerprint density at radius 1 is 1.41 bits per heavy atom. The molecule has 22 heavy (non-hydrogen) atoms. The van der Waals surface area contributed by atoms with Crippen LogP contribution in [0, 0.1) is 6.92 Å². The molecule has 116 valence electrons. The molecule has 6 nitrogen and oxygen atoms in total. The molecule has 0 spiro atoms. The molecule has 1 fully saturated rings. The number of thiophene rings is 1. The summed E-state index contributed by atoms with van der Waals surface area (Å²) in [7, 11) is 0. The standard InChI is InChI=1S/C15H17N3O3S/c1-9-7-12(18-14(19)11-3-2-6-21-11)22-13(9)15(20)17-10-4-5-16-8-10/h2-3,6-7,10,16H,4-5,8H2,1H3,(H,17,20)(H,18,19). The third-order valence-corrected chi connectivity index (χ3v) is 4.65. The highest BCUT2D eigenvalue weighted by Crippen LogP contribution is 2.27. The zero-order valence-electron chi connectivity index (χ0n) is 12.1. The van der Waals surface area contributed by atoms with Gasteiger partial charge in [0.15, 0.2) is 5.76 Å². The molecule has 1 unspecified atom stereocenters. The van der Waals surface area contributed by atoms with Crippen LogP contribution < -0.4 is 16.0 Å². The molecule has 3 N–H and O–H groups in total. The summed E-state index contributed by atoms with van der Waals surface area (Å²) in [6.45, 7) is 3.60. The van der Waals surface area contributed by atoms with Gasteiger partial charge in [-0.15, -0.1) is 11.3 Å². The van der Waals surface area contributed by atoms with Crippen molar-refractivity contribution in [3.63, 3.8) is 0 Å². The van der Waals surface area contributed by atoms with Gasteiger partial charge in [-0.25, -0.2) is 0 Å². The molecule has 3 rings (SSSR count). The fourth-order valence-corrected chi connectivity index (χ4v) is 3.35. The number of carbonyl (C=O) groups excluding carboxylic acids is 2. The third-order valence-electron chi connectivity index (χ3n) is 3.50. The first-order chi connectivity index (χ1) is 10.6. The Kier molecular flexibility index (Phi) is 4.26. The van der Waals surface area contributed by atoms with Gasteiger partial charge in [0.25, 0.3) is 11.8 Å². The van der Waals surface area contributed by atoms with Crippen molar-refractivity contribution in [3.05, 3.63) is 40.7 Å². The largest absolute Gasteiger partial charge is 0.459 e. The Labute approximate surface area is 131 Å². The number of anilines is 1. The maximum Gasteiger partial charge on any atom is 0.291 e. The molecule has 2 amide bonds. The lowest BCUT2D eigenvalue weighted by Crippen LogP contribution is -2.36. The van der Waals surface area contributed by atoms with Gasteiger partial charge >= 0.3 is 0 Å². The summed E-state index contributed by atoms with van der Waals surface area (Å²) in [6, 6.07) is 5.22. The van der Waals surface area contributed by atoms with E-state index in [1.165, 1.54) is 17.6 Å². The zero-order valence-corrected chi connectivity index (χ0v) is 13.0. The average Bonchev–Trinajstić information content (AvgIpc) is 3.19. The normalized spacial score (nSPS) is 17.4. The molecule has 0 radical (unpaired) electrons. The van der Waals surface area contributed by atoms with Crippen molar-refractivity contribution < 1.29 is 14.0 Å². The predicted molar refractivity (Wildman–Crippen MR) is 84.5 cm³/mol. The fourth-order valence-electron chi connectivity index (χ4n) is 2.38. The lowest BCUT2D eigenvalue weighted by atomic mass is 10.2. The molecule has 1 aliphatic heterocycles. The summed E-state index contributed by atoms with van der Waals surface area (Å²) >= 11 is 1.27. The van der Waals surface area contributed by atoms with Crippen molar-refractivity contribution in [1.29, 1.82) is 0 Å².